The summed E-state index contributed by atoms with van der Waals surface area (Å²) in [4.78, 5) is 2.34. The monoisotopic (exact) mass is 335 g/mol. The van der Waals surface area contributed by atoms with Crippen LogP contribution in [-0.4, -0.2) is 28.6 Å². The minimum Gasteiger partial charge on any atom is -0.346 e. The molecular formula is C22H27N2O+. The van der Waals surface area contributed by atoms with Crippen LogP contribution < -0.4 is 4.90 Å². The van der Waals surface area contributed by atoms with Crippen molar-refractivity contribution in [2.45, 2.75) is 45.8 Å². The fraction of sp³-hybridized carbons (Fsp3) is 0.409. The maximum Gasteiger partial charge on any atom is 0.271 e. The average molecular weight is 335 g/mol. The molecule has 2 aliphatic rings. The van der Waals surface area contributed by atoms with Gasteiger partial charge in [0.2, 0.25) is 0 Å². The molecule has 3 nitrogen and oxygen atoms in total. The number of aryl methyl sites for hydroxylation is 3. The van der Waals surface area contributed by atoms with E-state index >= 15 is 0 Å². The van der Waals surface area contributed by atoms with Crippen molar-refractivity contribution in [3.8, 4) is 0 Å². The lowest BCUT2D eigenvalue weighted by molar-refractivity contribution is -0.661. The van der Waals surface area contributed by atoms with E-state index in [0.717, 1.165) is 24.9 Å². The highest BCUT2D eigenvalue weighted by Gasteiger charge is 2.53. The number of benzene rings is 2. The zero-order chi connectivity index (χ0) is 17.6. The second kappa shape index (κ2) is 5.99. The van der Waals surface area contributed by atoms with E-state index in [9.17, 15) is 5.11 Å². The van der Waals surface area contributed by atoms with Crippen molar-refractivity contribution < 1.29 is 9.68 Å². The van der Waals surface area contributed by atoms with Gasteiger partial charge in [-0.25, -0.2) is 9.48 Å². The number of anilines is 1. The van der Waals surface area contributed by atoms with Crippen molar-refractivity contribution >= 4 is 11.5 Å². The summed E-state index contributed by atoms with van der Waals surface area (Å²) in [5.74, 6) is 1.27. The molecule has 0 radical (unpaired) electrons. The molecule has 2 aromatic carbocycles. The average Bonchev–Trinajstić information content (AvgIpc) is 2.89. The van der Waals surface area contributed by atoms with E-state index in [2.05, 4.69) is 72.7 Å². The second-order valence-corrected chi connectivity index (χ2v) is 7.53. The summed E-state index contributed by atoms with van der Waals surface area (Å²) in [7, 11) is 0. The Morgan fingerprint density at radius 3 is 2.56 bits per heavy atom. The van der Waals surface area contributed by atoms with Crippen LogP contribution >= 0.6 is 0 Å². The maximum atomic E-state index is 11.8. The van der Waals surface area contributed by atoms with E-state index in [4.69, 9.17) is 0 Å². The van der Waals surface area contributed by atoms with Crippen LogP contribution in [0.4, 0.5) is 5.69 Å². The summed E-state index contributed by atoms with van der Waals surface area (Å²) in [6.07, 6.45) is 3.36. The number of aliphatic hydroxyl groups is 1. The fourth-order valence-corrected chi connectivity index (χ4v) is 4.48. The van der Waals surface area contributed by atoms with Crippen LogP contribution in [-0.2, 0) is 5.72 Å². The Balaban J connectivity index is 1.85. The second-order valence-electron chi connectivity index (χ2n) is 7.53. The fourth-order valence-electron chi connectivity index (χ4n) is 4.48. The van der Waals surface area contributed by atoms with Gasteiger partial charge >= 0.3 is 0 Å². The number of β-amino-alcohol motifs (C(OH)–C–C–N with tert-alkyl or cyclic N) is 1. The molecule has 0 amide bonds. The lowest BCUT2D eigenvalue weighted by Crippen LogP contribution is -2.42. The summed E-state index contributed by atoms with van der Waals surface area (Å²) in [5, 5.41) is 11.8. The van der Waals surface area contributed by atoms with Gasteiger partial charge in [0.25, 0.3) is 11.6 Å². The van der Waals surface area contributed by atoms with Crippen LogP contribution in [0.2, 0.25) is 0 Å². The Kier molecular flexibility index (Phi) is 3.92. The number of para-hydroxylation sites is 1. The first-order chi connectivity index (χ1) is 12.0. The van der Waals surface area contributed by atoms with Gasteiger partial charge in [0.15, 0.2) is 6.54 Å². The standard InChI is InChI=1S/C22H27N2O/c1-16-11-12-19(18(3)14-16)22(25)15-23(20-9-5-4-8-17(20)2)21-10-6-7-13-24(21)22/h4-5,8-9,11-12,14,25H,6-7,10,13,15H2,1-3H3/q+1/t22-/m1/s1. The first-order valence-corrected chi connectivity index (χ1v) is 9.27. The maximum absolute atomic E-state index is 11.8. The zero-order valence-electron chi connectivity index (χ0n) is 15.4. The third-order valence-electron chi connectivity index (χ3n) is 5.70. The van der Waals surface area contributed by atoms with Crippen LogP contribution in [0.3, 0.4) is 0 Å². The van der Waals surface area contributed by atoms with Crippen molar-refractivity contribution in [1.29, 1.82) is 0 Å². The van der Waals surface area contributed by atoms with E-state index in [1.165, 1.54) is 34.6 Å². The van der Waals surface area contributed by atoms with Crippen LogP contribution in [0.15, 0.2) is 42.5 Å². The van der Waals surface area contributed by atoms with E-state index < -0.39 is 5.72 Å². The molecule has 2 aliphatic heterocycles. The topological polar surface area (TPSA) is 26.5 Å². The van der Waals surface area contributed by atoms with Gasteiger partial charge in [-0.15, -0.1) is 0 Å². The molecule has 3 heteroatoms. The molecular weight excluding hydrogens is 308 g/mol. The molecule has 2 aromatic rings. The lowest BCUT2D eigenvalue weighted by Gasteiger charge is -2.26. The minimum absolute atomic E-state index is 0.594. The molecule has 1 atom stereocenters. The van der Waals surface area contributed by atoms with Gasteiger partial charge in [0.05, 0.1) is 6.54 Å². The molecule has 1 N–H and O–H groups in total. The summed E-state index contributed by atoms with van der Waals surface area (Å²) in [5.41, 5.74) is 4.96. The minimum atomic E-state index is -0.949. The Morgan fingerprint density at radius 2 is 1.80 bits per heavy atom. The van der Waals surface area contributed by atoms with Crippen molar-refractivity contribution in [1.82, 2.24) is 0 Å². The van der Waals surface area contributed by atoms with Crippen molar-refractivity contribution in [3.63, 3.8) is 0 Å². The smallest absolute Gasteiger partial charge is 0.271 e. The first kappa shape index (κ1) is 16.3. The van der Waals surface area contributed by atoms with Gasteiger partial charge in [-0.3, -0.25) is 0 Å². The highest BCUT2D eigenvalue weighted by molar-refractivity contribution is 5.96. The molecule has 25 heavy (non-hydrogen) atoms. The Labute approximate surface area is 150 Å². The Bertz CT molecular complexity index is 855. The van der Waals surface area contributed by atoms with Crippen LogP contribution in [0, 0.1) is 20.8 Å². The molecule has 0 bridgehead atoms. The van der Waals surface area contributed by atoms with Crippen LogP contribution in [0.5, 0.6) is 0 Å². The van der Waals surface area contributed by atoms with Crippen LogP contribution in [0.25, 0.3) is 0 Å². The molecule has 0 unspecified atom stereocenters. The molecule has 0 spiro atoms. The molecule has 0 aliphatic carbocycles. The number of rotatable bonds is 2. The van der Waals surface area contributed by atoms with E-state index in [0.29, 0.717) is 6.54 Å². The summed E-state index contributed by atoms with van der Waals surface area (Å²) in [6, 6.07) is 14.9. The molecule has 0 fully saturated rings. The summed E-state index contributed by atoms with van der Waals surface area (Å²) >= 11 is 0. The predicted molar refractivity (Wildman–Crippen MR) is 102 cm³/mol. The van der Waals surface area contributed by atoms with E-state index in [1.54, 1.807) is 0 Å². The summed E-state index contributed by atoms with van der Waals surface area (Å²) < 4.78 is 2.25. The molecule has 2 heterocycles. The van der Waals surface area contributed by atoms with Gasteiger partial charge < -0.3 is 5.11 Å². The highest BCUT2D eigenvalue weighted by Crippen LogP contribution is 2.37. The van der Waals surface area contributed by atoms with Crippen LogP contribution in [0.1, 0.15) is 41.5 Å². The quantitative estimate of drug-likeness (QED) is 0.843. The molecule has 4 rings (SSSR count). The third-order valence-corrected chi connectivity index (χ3v) is 5.70. The van der Waals surface area contributed by atoms with Gasteiger partial charge in [0.1, 0.15) is 5.69 Å². The van der Waals surface area contributed by atoms with Crippen molar-refractivity contribution in [2.75, 3.05) is 18.0 Å². The highest BCUT2D eigenvalue weighted by atomic mass is 16.3. The Morgan fingerprint density at radius 1 is 1.00 bits per heavy atom. The van der Waals surface area contributed by atoms with Gasteiger partial charge in [-0.05, 0) is 50.8 Å². The Hall–Kier alpha value is -2.13. The van der Waals surface area contributed by atoms with E-state index in [1.807, 2.05) is 0 Å². The predicted octanol–water partition coefficient (Wildman–Crippen LogP) is 3.87. The number of hydrogen-bond acceptors (Lipinski definition) is 2. The van der Waals surface area contributed by atoms with E-state index in [-0.39, 0.29) is 0 Å². The summed E-state index contributed by atoms with van der Waals surface area (Å²) in [6.45, 7) is 7.88. The largest absolute Gasteiger partial charge is 0.346 e. The first-order valence-electron chi connectivity index (χ1n) is 9.27. The van der Waals surface area contributed by atoms with Gasteiger partial charge in [-0.1, -0.05) is 42.0 Å². The number of amidine groups is 1. The number of nitrogens with zero attached hydrogens (tertiary/aromatic N) is 2. The molecule has 0 saturated heterocycles. The van der Waals surface area contributed by atoms with Crippen molar-refractivity contribution in [3.05, 3.63) is 64.7 Å². The normalized spacial score (nSPS) is 23.1. The zero-order valence-corrected chi connectivity index (χ0v) is 15.4. The molecule has 0 saturated carbocycles. The van der Waals surface area contributed by atoms with Crippen molar-refractivity contribution in [2.24, 2.45) is 0 Å². The number of hydrogen-bond donors (Lipinski definition) is 1. The lowest BCUT2D eigenvalue weighted by atomic mass is 9.95. The molecule has 0 aromatic heterocycles. The third kappa shape index (κ3) is 2.58. The molecule has 130 valence electrons. The SMILES string of the molecule is Cc1ccc([C@]2(O)CN(c3ccccc3C)C3=[N+]2CCCC3)c(C)c1. The van der Waals surface area contributed by atoms with Gasteiger partial charge in [-0.2, -0.15) is 0 Å². The van der Waals surface area contributed by atoms with Gasteiger partial charge in [0, 0.05) is 12.0 Å².